The van der Waals surface area contributed by atoms with Crippen molar-refractivity contribution >= 4 is 12.1 Å². The van der Waals surface area contributed by atoms with E-state index in [0.717, 1.165) is 12.8 Å². The highest BCUT2D eigenvalue weighted by Crippen LogP contribution is 2.39. The number of ether oxygens (including phenoxy) is 2. The Kier molecular flexibility index (Phi) is 3.95. The quantitative estimate of drug-likeness (QED) is 0.858. The third-order valence-corrected chi connectivity index (χ3v) is 3.68. The molecule has 0 aromatic rings. The molecule has 0 atom stereocenters. The number of amides is 1. The van der Waals surface area contributed by atoms with Crippen molar-refractivity contribution in [3.05, 3.63) is 0 Å². The molecule has 20 heavy (non-hydrogen) atoms. The first kappa shape index (κ1) is 15.1. The summed E-state index contributed by atoms with van der Waals surface area (Å²) in [4.78, 5) is 25.7. The zero-order chi connectivity index (χ0) is 15.0. The van der Waals surface area contributed by atoms with Gasteiger partial charge in [-0.05, 0) is 33.6 Å². The number of hydrogen-bond acceptors (Lipinski definition) is 4. The molecule has 0 unspecified atom stereocenters. The molecule has 0 bridgehead atoms. The summed E-state index contributed by atoms with van der Waals surface area (Å²) < 4.78 is 10.7. The Morgan fingerprint density at radius 2 is 1.80 bits per heavy atom. The zero-order valence-electron chi connectivity index (χ0n) is 12.3. The first-order valence-electron chi connectivity index (χ1n) is 7.10. The van der Waals surface area contributed by atoms with Crippen LogP contribution in [0.2, 0.25) is 0 Å². The summed E-state index contributed by atoms with van der Waals surface area (Å²) in [5, 5.41) is 9.68. The molecule has 1 saturated heterocycles. The lowest BCUT2D eigenvalue weighted by Crippen LogP contribution is -2.61. The third kappa shape index (κ3) is 3.06. The number of carbonyl (C=O) groups is 2. The van der Waals surface area contributed by atoms with Crippen LogP contribution in [0.15, 0.2) is 0 Å². The maximum absolute atomic E-state index is 12.4. The van der Waals surface area contributed by atoms with Gasteiger partial charge in [0, 0.05) is 32.1 Å². The fraction of sp³-hybridized carbons (Fsp3) is 0.857. The molecule has 114 valence electrons. The number of nitrogens with zero attached hydrogens (tertiary/aromatic N) is 1. The van der Waals surface area contributed by atoms with Gasteiger partial charge in [-0.25, -0.2) is 9.59 Å². The van der Waals surface area contributed by atoms with Gasteiger partial charge in [0.2, 0.25) is 0 Å². The van der Waals surface area contributed by atoms with E-state index in [2.05, 4.69) is 0 Å². The number of carbonyl (C=O) groups excluding carboxylic acids is 1. The molecule has 2 rings (SSSR count). The molecule has 0 radical (unpaired) electrons. The Labute approximate surface area is 119 Å². The summed E-state index contributed by atoms with van der Waals surface area (Å²) in [5.74, 6) is -0.960. The number of carboxylic acids is 1. The zero-order valence-corrected chi connectivity index (χ0v) is 12.3. The van der Waals surface area contributed by atoms with Crippen molar-refractivity contribution in [2.24, 2.45) is 0 Å². The minimum absolute atomic E-state index is 0.0148. The topological polar surface area (TPSA) is 76.1 Å². The summed E-state index contributed by atoms with van der Waals surface area (Å²) in [6.07, 6.45) is 1.80. The highest BCUT2D eigenvalue weighted by atomic mass is 16.6. The summed E-state index contributed by atoms with van der Waals surface area (Å²) >= 11 is 0. The Morgan fingerprint density at radius 1 is 1.25 bits per heavy atom. The molecule has 1 aliphatic carbocycles. The van der Waals surface area contributed by atoms with Gasteiger partial charge in [-0.15, -0.1) is 0 Å². The minimum Gasteiger partial charge on any atom is -0.479 e. The van der Waals surface area contributed by atoms with E-state index >= 15 is 0 Å². The van der Waals surface area contributed by atoms with Gasteiger partial charge >= 0.3 is 12.1 Å². The molecule has 6 heteroatoms. The van der Waals surface area contributed by atoms with Crippen LogP contribution in [0.1, 0.15) is 46.5 Å². The van der Waals surface area contributed by atoms with Crippen LogP contribution in [0.4, 0.5) is 4.79 Å². The van der Waals surface area contributed by atoms with E-state index in [1.165, 1.54) is 4.90 Å². The second-order valence-corrected chi connectivity index (χ2v) is 6.53. The molecule has 1 amide bonds. The fourth-order valence-corrected chi connectivity index (χ4v) is 2.58. The summed E-state index contributed by atoms with van der Waals surface area (Å²) in [6.45, 7) is 6.07. The molecule has 1 aliphatic heterocycles. The van der Waals surface area contributed by atoms with Crippen LogP contribution in [-0.4, -0.2) is 52.5 Å². The predicted octanol–water partition coefficient (Wildman–Crippen LogP) is 2.02. The van der Waals surface area contributed by atoms with Crippen molar-refractivity contribution in [3.8, 4) is 0 Å². The van der Waals surface area contributed by atoms with Crippen molar-refractivity contribution in [2.45, 2.75) is 63.6 Å². The monoisotopic (exact) mass is 285 g/mol. The smallest absolute Gasteiger partial charge is 0.411 e. The van der Waals surface area contributed by atoms with Gasteiger partial charge in [-0.3, -0.25) is 4.90 Å². The second-order valence-electron chi connectivity index (χ2n) is 6.53. The number of hydrogen-bond donors (Lipinski definition) is 1. The normalized spacial score (nSPS) is 22.1. The van der Waals surface area contributed by atoms with Crippen molar-refractivity contribution in [1.29, 1.82) is 0 Å². The van der Waals surface area contributed by atoms with Gasteiger partial charge in [0.1, 0.15) is 11.1 Å². The number of carboxylic acid groups (broad SMARTS) is 1. The molecule has 0 aromatic carbocycles. The molecule has 0 aromatic heterocycles. The molecule has 1 saturated carbocycles. The minimum atomic E-state index is -1.18. The lowest BCUT2D eigenvalue weighted by atomic mass is 9.88. The largest absolute Gasteiger partial charge is 0.479 e. The Morgan fingerprint density at radius 3 is 2.20 bits per heavy atom. The van der Waals surface area contributed by atoms with Crippen LogP contribution in [0, 0.1) is 0 Å². The van der Waals surface area contributed by atoms with E-state index in [4.69, 9.17) is 9.47 Å². The van der Waals surface area contributed by atoms with Crippen LogP contribution in [0.3, 0.4) is 0 Å². The van der Waals surface area contributed by atoms with Crippen LogP contribution >= 0.6 is 0 Å². The molecule has 0 spiro atoms. The lowest BCUT2D eigenvalue weighted by molar-refractivity contribution is -0.158. The Hall–Kier alpha value is -1.30. The van der Waals surface area contributed by atoms with Crippen LogP contribution in [0.5, 0.6) is 0 Å². The summed E-state index contributed by atoms with van der Waals surface area (Å²) in [5.41, 5.74) is -1.81. The fourth-order valence-electron chi connectivity index (χ4n) is 2.58. The number of aliphatic carboxylic acids is 1. The van der Waals surface area contributed by atoms with E-state index in [-0.39, 0.29) is 6.04 Å². The molecule has 2 aliphatic rings. The predicted molar refractivity (Wildman–Crippen MR) is 71.5 cm³/mol. The molecule has 1 N–H and O–H groups in total. The first-order chi connectivity index (χ1) is 9.26. The average molecular weight is 285 g/mol. The Bertz CT molecular complexity index is 391. The molecule has 6 nitrogen and oxygen atoms in total. The van der Waals surface area contributed by atoms with E-state index in [1.807, 2.05) is 0 Å². The molecular formula is C14H23NO5. The molecular weight excluding hydrogens is 262 g/mol. The molecule has 1 heterocycles. The van der Waals surface area contributed by atoms with Gasteiger partial charge in [0.25, 0.3) is 0 Å². The van der Waals surface area contributed by atoms with E-state index in [0.29, 0.717) is 26.1 Å². The van der Waals surface area contributed by atoms with Crippen molar-refractivity contribution in [2.75, 3.05) is 13.2 Å². The van der Waals surface area contributed by atoms with Gasteiger partial charge < -0.3 is 14.6 Å². The van der Waals surface area contributed by atoms with Gasteiger partial charge in [0.15, 0.2) is 0 Å². The standard InChI is InChI=1S/C14H23NO5/c1-13(2,3)20-12(18)15(10-4-5-10)14(11(16)17)6-8-19-9-7-14/h10H,4-9H2,1-3H3,(H,16,17). The van der Waals surface area contributed by atoms with Crippen LogP contribution in [-0.2, 0) is 14.3 Å². The van der Waals surface area contributed by atoms with E-state index < -0.39 is 23.2 Å². The maximum Gasteiger partial charge on any atom is 0.411 e. The SMILES string of the molecule is CC(C)(C)OC(=O)N(C1CC1)C1(C(=O)O)CCOCC1. The van der Waals surface area contributed by atoms with Crippen LogP contribution in [0.25, 0.3) is 0 Å². The van der Waals surface area contributed by atoms with Crippen molar-refractivity contribution < 1.29 is 24.2 Å². The maximum atomic E-state index is 12.4. The summed E-state index contributed by atoms with van der Waals surface area (Å²) in [7, 11) is 0. The number of rotatable bonds is 3. The third-order valence-electron chi connectivity index (χ3n) is 3.68. The average Bonchev–Trinajstić information content (AvgIpc) is 3.12. The highest BCUT2D eigenvalue weighted by molar-refractivity contribution is 5.85. The Balaban J connectivity index is 2.25. The van der Waals surface area contributed by atoms with E-state index in [1.54, 1.807) is 20.8 Å². The van der Waals surface area contributed by atoms with Gasteiger partial charge in [0.05, 0.1) is 0 Å². The second kappa shape index (κ2) is 5.24. The lowest BCUT2D eigenvalue weighted by Gasteiger charge is -2.43. The van der Waals surface area contributed by atoms with Crippen LogP contribution < -0.4 is 0 Å². The van der Waals surface area contributed by atoms with Crippen molar-refractivity contribution in [1.82, 2.24) is 4.90 Å². The highest BCUT2D eigenvalue weighted by Gasteiger charge is 2.54. The van der Waals surface area contributed by atoms with E-state index in [9.17, 15) is 14.7 Å². The molecule has 2 fully saturated rings. The van der Waals surface area contributed by atoms with Gasteiger partial charge in [-0.1, -0.05) is 0 Å². The van der Waals surface area contributed by atoms with Crippen molar-refractivity contribution in [3.63, 3.8) is 0 Å². The summed E-state index contributed by atoms with van der Waals surface area (Å²) in [6, 6.07) is -0.0148. The first-order valence-corrected chi connectivity index (χ1v) is 7.10. The van der Waals surface area contributed by atoms with Gasteiger partial charge in [-0.2, -0.15) is 0 Å².